The van der Waals surface area contributed by atoms with Gasteiger partial charge in [0.05, 0.1) is 36.3 Å². The first-order valence-electron chi connectivity index (χ1n) is 16.2. The Morgan fingerprint density at radius 3 is 2.74 bits per heavy atom. The van der Waals surface area contributed by atoms with Gasteiger partial charge in [-0.2, -0.15) is 15.2 Å². The molecule has 0 unspecified atom stereocenters. The molecule has 0 N–H and O–H groups in total. The van der Waals surface area contributed by atoms with Crippen LogP contribution in [0.15, 0.2) is 30.9 Å². The summed E-state index contributed by atoms with van der Waals surface area (Å²) in [5.74, 6) is 1.47. The molecule has 5 aliphatic rings. The topological polar surface area (TPSA) is 88.8 Å². The lowest BCUT2D eigenvalue weighted by atomic mass is 9.95. The van der Waals surface area contributed by atoms with E-state index in [4.69, 9.17) is 14.7 Å². The Kier molecular flexibility index (Phi) is 7.50. The van der Waals surface area contributed by atoms with Crippen molar-refractivity contribution in [1.29, 1.82) is 5.26 Å². The number of carbonyl (C=O) groups is 1. The third-order valence-corrected chi connectivity index (χ3v) is 10.6. The van der Waals surface area contributed by atoms with Gasteiger partial charge in [-0.25, -0.2) is 0 Å². The standard InChI is InChI=1S/C34H43N7O2/c1-3-31(42)41-18-17-39(21-26(41)9-13-35)32-27-10-16-38(30-8-4-7-25-19-24(2)20-28(25)30)22-29(27)36-33(37-32)43-23-34-11-5-14-40(34)15-6-12-34/h3-4,7-8,24,26H,1,5-6,9-12,14-23H2,2H3/t24-,26-/m0/s1. The Balaban J connectivity index is 1.20. The lowest BCUT2D eigenvalue weighted by Crippen LogP contribution is -2.55. The molecule has 2 atom stereocenters. The minimum atomic E-state index is -0.211. The highest BCUT2D eigenvalue weighted by atomic mass is 16.5. The minimum Gasteiger partial charge on any atom is -0.461 e. The largest absolute Gasteiger partial charge is 0.461 e. The fourth-order valence-electron chi connectivity index (χ4n) is 8.46. The lowest BCUT2D eigenvalue weighted by Gasteiger charge is -2.42. The first kappa shape index (κ1) is 28.1. The van der Waals surface area contributed by atoms with Crippen LogP contribution in [0.1, 0.15) is 61.4 Å². The van der Waals surface area contributed by atoms with E-state index in [1.165, 1.54) is 54.1 Å². The van der Waals surface area contributed by atoms with Crippen molar-refractivity contribution in [3.05, 3.63) is 53.2 Å². The van der Waals surface area contributed by atoms with Crippen molar-refractivity contribution in [2.24, 2.45) is 5.92 Å². The van der Waals surface area contributed by atoms with E-state index in [0.29, 0.717) is 38.2 Å². The van der Waals surface area contributed by atoms with Crippen LogP contribution < -0.4 is 14.5 Å². The molecule has 3 fully saturated rings. The van der Waals surface area contributed by atoms with E-state index < -0.39 is 0 Å². The quantitative estimate of drug-likeness (QED) is 0.455. The summed E-state index contributed by atoms with van der Waals surface area (Å²) < 4.78 is 6.53. The zero-order valence-corrected chi connectivity index (χ0v) is 25.4. The third-order valence-electron chi connectivity index (χ3n) is 10.6. The number of anilines is 2. The highest BCUT2D eigenvalue weighted by Crippen LogP contribution is 2.40. The zero-order chi connectivity index (χ0) is 29.6. The zero-order valence-electron chi connectivity index (χ0n) is 25.4. The van der Waals surface area contributed by atoms with Crippen molar-refractivity contribution in [1.82, 2.24) is 19.8 Å². The molecule has 0 spiro atoms. The van der Waals surface area contributed by atoms with E-state index in [1.807, 2.05) is 0 Å². The molecule has 9 heteroatoms. The van der Waals surface area contributed by atoms with Gasteiger partial charge in [-0.3, -0.25) is 9.69 Å². The Morgan fingerprint density at radius 2 is 1.95 bits per heavy atom. The molecule has 3 saturated heterocycles. The monoisotopic (exact) mass is 581 g/mol. The van der Waals surface area contributed by atoms with E-state index in [2.05, 4.69) is 52.5 Å². The number of carbonyl (C=O) groups excluding carboxylic acids is 1. The summed E-state index contributed by atoms with van der Waals surface area (Å²) >= 11 is 0. The van der Waals surface area contributed by atoms with E-state index in [-0.39, 0.29) is 23.9 Å². The molecule has 0 bridgehead atoms. The average molecular weight is 582 g/mol. The summed E-state index contributed by atoms with van der Waals surface area (Å²) in [5, 5.41) is 9.56. The van der Waals surface area contributed by atoms with Crippen molar-refractivity contribution >= 4 is 17.4 Å². The lowest BCUT2D eigenvalue weighted by molar-refractivity contribution is -0.128. The molecule has 43 heavy (non-hydrogen) atoms. The molecule has 1 amide bonds. The van der Waals surface area contributed by atoms with Crippen LogP contribution in [0.3, 0.4) is 0 Å². The van der Waals surface area contributed by atoms with Crippen LogP contribution >= 0.6 is 0 Å². The molecule has 1 aromatic heterocycles. The van der Waals surface area contributed by atoms with Crippen LogP contribution in [0.4, 0.5) is 11.5 Å². The Labute approximate surface area is 255 Å². The number of fused-ring (bicyclic) bond motifs is 3. The summed E-state index contributed by atoms with van der Waals surface area (Å²) in [6.07, 6.45) is 9.54. The Hall–Kier alpha value is -3.64. The van der Waals surface area contributed by atoms with Crippen LogP contribution in [0.2, 0.25) is 0 Å². The summed E-state index contributed by atoms with van der Waals surface area (Å²) in [7, 11) is 0. The average Bonchev–Trinajstić information content (AvgIpc) is 3.72. The number of benzene rings is 1. The van der Waals surface area contributed by atoms with Gasteiger partial charge in [0.15, 0.2) is 0 Å². The number of aromatic nitrogens is 2. The van der Waals surface area contributed by atoms with Gasteiger partial charge in [0.2, 0.25) is 5.91 Å². The van der Waals surface area contributed by atoms with Crippen LogP contribution in [0.25, 0.3) is 0 Å². The van der Waals surface area contributed by atoms with E-state index in [0.717, 1.165) is 57.0 Å². The molecule has 2 aromatic rings. The Morgan fingerprint density at radius 1 is 1.12 bits per heavy atom. The Bertz CT molecular complexity index is 1440. The van der Waals surface area contributed by atoms with Crippen molar-refractivity contribution in [3.63, 3.8) is 0 Å². The molecule has 9 nitrogen and oxygen atoms in total. The molecule has 7 rings (SSSR count). The number of nitriles is 1. The summed E-state index contributed by atoms with van der Waals surface area (Å²) in [5.41, 5.74) is 6.63. The maximum absolute atomic E-state index is 12.6. The number of ether oxygens (including phenoxy) is 1. The van der Waals surface area contributed by atoms with E-state index >= 15 is 0 Å². The summed E-state index contributed by atoms with van der Waals surface area (Å²) in [4.78, 5) is 31.9. The van der Waals surface area contributed by atoms with Crippen LogP contribution in [-0.4, -0.2) is 83.1 Å². The van der Waals surface area contributed by atoms with E-state index in [9.17, 15) is 10.1 Å². The van der Waals surface area contributed by atoms with Gasteiger partial charge in [-0.15, -0.1) is 0 Å². The van der Waals surface area contributed by atoms with Gasteiger partial charge in [-0.1, -0.05) is 25.6 Å². The number of piperazine rings is 1. The number of hydrogen-bond acceptors (Lipinski definition) is 8. The fourth-order valence-corrected chi connectivity index (χ4v) is 8.46. The second kappa shape index (κ2) is 11.5. The van der Waals surface area contributed by atoms with Gasteiger partial charge in [0.25, 0.3) is 0 Å². The van der Waals surface area contributed by atoms with Gasteiger partial charge in [0.1, 0.15) is 12.4 Å². The minimum absolute atomic E-state index is 0.112. The van der Waals surface area contributed by atoms with Crippen molar-refractivity contribution in [2.45, 2.75) is 76.4 Å². The van der Waals surface area contributed by atoms with E-state index in [1.54, 1.807) is 4.90 Å². The van der Waals surface area contributed by atoms with Crippen LogP contribution in [0.5, 0.6) is 6.01 Å². The SMILES string of the molecule is C=CC(=O)N1CCN(c2nc(OCC34CCCN3CCC4)nc3c2CCN(c2cccc4c2C[C@@H](C)C4)C3)C[C@@H]1CC#N. The molecule has 4 aliphatic heterocycles. The molecule has 226 valence electrons. The predicted octanol–water partition coefficient (Wildman–Crippen LogP) is 3.90. The second-order valence-electron chi connectivity index (χ2n) is 13.3. The van der Waals surface area contributed by atoms with Crippen molar-refractivity contribution < 1.29 is 9.53 Å². The fraction of sp³-hybridized carbons (Fsp3) is 0.588. The molecule has 5 heterocycles. The number of hydrogen-bond donors (Lipinski definition) is 0. The highest BCUT2D eigenvalue weighted by Gasteiger charge is 2.45. The van der Waals surface area contributed by atoms with Gasteiger partial charge in [0, 0.05) is 37.4 Å². The smallest absolute Gasteiger partial charge is 0.318 e. The molecular formula is C34H43N7O2. The molecule has 0 radical (unpaired) electrons. The first-order chi connectivity index (χ1) is 21.0. The molecule has 0 saturated carbocycles. The second-order valence-corrected chi connectivity index (χ2v) is 13.3. The molecular weight excluding hydrogens is 538 g/mol. The summed E-state index contributed by atoms with van der Waals surface area (Å²) in [6, 6.07) is 9.30. The van der Waals surface area contributed by atoms with Crippen molar-refractivity contribution in [2.75, 3.05) is 55.7 Å². The van der Waals surface area contributed by atoms with Gasteiger partial charge in [-0.05, 0) is 87.2 Å². The van der Waals surface area contributed by atoms with Crippen LogP contribution in [0, 0.1) is 17.2 Å². The van der Waals surface area contributed by atoms with Crippen LogP contribution in [-0.2, 0) is 30.6 Å². The highest BCUT2D eigenvalue weighted by molar-refractivity contribution is 5.87. The number of amides is 1. The summed E-state index contributed by atoms with van der Waals surface area (Å²) in [6.45, 7) is 12.3. The third kappa shape index (κ3) is 5.14. The van der Waals surface area contributed by atoms with Gasteiger partial charge < -0.3 is 19.4 Å². The maximum atomic E-state index is 12.6. The molecule has 1 aromatic carbocycles. The predicted molar refractivity (Wildman–Crippen MR) is 166 cm³/mol. The number of nitrogens with zero attached hydrogens (tertiary/aromatic N) is 7. The maximum Gasteiger partial charge on any atom is 0.318 e. The normalized spacial score (nSPS) is 24.3. The van der Waals surface area contributed by atoms with Crippen molar-refractivity contribution in [3.8, 4) is 12.1 Å². The first-order valence-corrected chi connectivity index (χ1v) is 16.2. The number of rotatable bonds is 7. The molecule has 1 aliphatic carbocycles. The van der Waals surface area contributed by atoms with Gasteiger partial charge >= 0.3 is 6.01 Å².